The molecule has 1 aromatic rings. The Labute approximate surface area is 121 Å². The summed E-state index contributed by atoms with van der Waals surface area (Å²) in [4.78, 5) is 0.176. The van der Waals surface area contributed by atoms with E-state index in [1.165, 1.54) is 6.07 Å². The van der Waals surface area contributed by atoms with E-state index < -0.39 is 15.6 Å². The Hall–Kier alpha value is -1.11. The molecule has 0 aliphatic heterocycles. The van der Waals surface area contributed by atoms with Crippen LogP contribution in [-0.2, 0) is 10.0 Å². The van der Waals surface area contributed by atoms with Gasteiger partial charge in [0, 0.05) is 5.69 Å². The molecule has 0 aliphatic carbocycles. The molecular formula is C14H24N2O3S. The van der Waals surface area contributed by atoms with Crippen LogP contribution in [0.2, 0.25) is 0 Å². The summed E-state index contributed by atoms with van der Waals surface area (Å²) in [5.74, 6) is 0. The molecule has 6 heteroatoms. The van der Waals surface area contributed by atoms with Crippen molar-refractivity contribution in [2.45, 2.75) is 51.0 Å². The van der Waals surface area contributed by atoms with E-state index in [9.17, 15) is 13.5 Å². The van der Waals surface area contributed by atoms with E-state index in [-0.39, 0.29) is 11.5 Å². The highest BCUT2D eigenvalue weighted by Crippen LogP contribution is 2.25. The first-order valence-electron chi connectivity index (χ1n) is 6.73. The van der Waals surface area contributed by atoms with Gasteiger partial charge in [-0.3, -0.25) is 0 Å². The molecule has 0 radical (unpaired) electrons. The number of nitrogens with one attached hydrogen (secondary N) is 1. The van der Waals surface area contributed by atoms with Crippen molar-refractivity contribution in [3.05, 3.63) is 23.3 Å². The highest BCUT2D eigenvalue weighted by molar-refractivity contribution is 7.89. The lowest BCUT2D eigenvalue weighted by molar-refractivity contribution is 0.172. The highest BCUT2D eigenvalue weighted by Gasteiger charge is 2.32. The Morgan fingerprint density at radius 2 is 1.80 bits per heavy atom. The minimum absolute atomic E-state index is 0.176. The first-order valence-corrected chi connectivity index (χ1v) is 8.21. The van der Waals surface area contributed by atoms with Crippen LogP contribution >= 0.6 is 0 Å². The largest absolute Gasteiger partial charge is 0.399 e. The predicted molar refractivity (Wildman–Crippen MR) is 81.0 cm³/mol. The van der Waals surface area contributed by atoms with Crippen molar-refractivity contribution < 1.29 is 13.5 Å². The van der Waals surface area contributed by atoms with E-state index in [1.54, 1.807) is 13.0 Å². The summed E-state index contributed by atoms with van der Waals surface area (Å²) in [6.45, 7) is 7.03. The van der Waals surface area contributed by atoms with Gasteiger partial charge in [-0.25, -0.2) is 13.1 Å². The van der Waals surface area contributed by atoms with E-state index in [2.05, 4.69) is 4.72 Å². The van der Waals surface area contributed by atoms with Crippen LogP contribution in [0.1, 0.15) is 37.8 Å². The highest BCUT2D eigenvalue weighted by atomic mass is 32.2. The third-order valence-corrected chi connectivity index (χ3v) is 5.64. The summed E-state index contributed by atoms with van der Waals surface area (Å²) in [5.41, 5.74) is 6.83. The van der Waals surface area contributed by atoms with E-state index in [0.717, 1.165) is 5.56 Å². The summed E-state index contributed by atoms with van der Waals surface area (Å²) < 4.78 is 27.8. The van der Waals surface area contributed by atoms with Crippen LogP contribution in [0, 0.1) is 13.8 Å². The zero-order chi connectivity index (χ0) is 15.6. The number of aliphatic hydroxyl groups is 1. The molecule has 0 spiro atoms. The molecule has 5 nitrogen and oxygen atoms in total. The average molecular weight is 300 g/mol. The first kappa shape index (κ1) is 16.9. The molecule has 0 saturated heterocycles. The number of anilines is 1. The summed E-state index contributed by atoms with van der Waals surface area (Å²) in [6.07, 6.45) is 1.03. The van der Waals surface area contributed by atoms with Crippen molar-refractivity contribution in [2.75, 3.05) is 12.3 Å². The molecule has 0 fully saturated rings. The molecule has 0 heterocycles. The third-order valence-electron chi connectivity index (χ3n) is 3.94. The van der Waals surface area contributed by atoms with Gasteiger partial charge >= 0.3 is 0 Å². The van der Waals surface area contributed by atoms with Gasteiger partial charge in [-0.05, 0) is 49.9 Å². The molecule has 4 N–H and O–H groups in total. The molecule has 0 aliphatic rings. The van der Waals surface area contributed by atoms with Gasteiger partial charge in [-0.15, -0.1) is 0 Å². The van der Waals surface area contributed by atoms with E-state index in [0.29, 0.717) is 24.1 Å². The molecule has 0 aromatic heterocycles. The summed E-state index contributed by atoms with van der Waals surface area (Å²) in [6, 6.07) is 3.20. The van der Waals surface area contributed by atoms with Gasteiger partial charge in [0.2, 0.25) is 10.0 Å². The number of aryl methyl sites for hydroxylation is 1. The Morgan fingerprint density at radius 1 is 1.25 bits per heavy atom. The Balaban J connectivity index is 3.31. The fourth-order valence-electron chi connectivity index (χ4n) is 2.12. The molecular weight excluding hydrogens is 276 g/mol. The van der Waals surface area contributed by atoms with Gasteiger partial charge in [0.15, 0.2) is 0 Å². The van der Waals surface area contributed by atoms with Gasteiger partial charge in [0.25, 0.3) is 0 Å². The predicted octanol–water partition coefficient (Wildman–Crippen LogP) is 1.72. The number of nitrogens with two attached hydrogens (primary N) is 1. The fraction of sp³-hybridized carbons (Fsp3) is 0.571. The number of benzene rings is 1. The van der Waals surface area contributed by atoms with E-state index >= 15 is 0 Å². The molecule has 0 amide bonds. The molecule has 0 unspecified atom stereocenters. The van der Waals surface area contributed by atoms with Crippen molar-refractivity contribution in [3.63, 3.8) is 0 Å². The number of nitrogen functional groups attached to an aromatic ring is 1. The number of hydrogen-bond acceptors (Lipinski definition) is 4. The molecule has 0 atom stereocenters. The Morgan fingerprint density at radius 3 is 2.25 bits per heavy atom. The fourth-order valence-corrected chi connectivity index (χ4v) is 4.01. The number of sulfonamides is 1. The van der Waals surface area contributed by atoms with Gasteiger partial charge in [-0.1, -0.05) is 13.8 Å². The molecule has 1 aromatic carbocycles. The summed E-state index contributed by atoms with van der Waals surface area (Å²) in [5, 5.41) is 9.51. The molecule has 0 saturated carbocycles. The molecule has 0 bridgehead atoms. The Bertz CT molecular complexity index is 570. The lowest BCUT2D eigenvalue weighted by Crippen LogP contribution is -2.50. The standard InChI is InChI=1S/C14H24N2O3S/c1-5-14(6-2,9-17)16-20(18,19)13-8-12(15)7-10(3)11(13)4/h7-8,16-17H,5-6,9,15H2,1-4H3. The minimum Gasteiger partial charge on any atom is -0.399 e. The first-order chi connectivity index (χ1) is 9.21. The monoisotopic (exact) mass is 300 g/mol. The van der Waals surface area contributed by atoms with Crippen molar-refractivity contribution in [2.24, 2.45) is 0 Å². The zero-order valence-electron chi connectivity index (χ0n) is 12.5. The second-order valence-corrected chi connectivity index (χ2v) is 6.86. The van der Waals surface area contributed by atoms with Gasteiger partial charge in [0.05, 0.1) is 17.0 Å². The molecule has 114 valence electrons. The van der Waals surface area contributed by atoms with E-state index in [4.69, 9.17) is 5.73 Å². The van der Waals surface area contributed by atoms with Crippen molar-refractivity contribution >= 4 is 15.7 Å². The van der Waals surface area contributed by atoms with Crippen LogP contribution in [0.15, 0.2) is 17.0 Å². The van der Waals surface area contributed by atoms with Crippen LogP contribution in [-0.4, -0.2) is 25.7 Å². The van der Waals surface area contributed by atoms with Gasteiger partial charge in [-0.2, -0.15) is 0 Å². The second-order valence-electron chi connectivity index (χ2n) is 5.21. The van der Waals surface area contributed by atoms with Crippen LogP contribution in [0.4, 0.5) is 5.69 Å². The van der Waals surface area contributed by atoms with Crippen LogP contribution in [0.5, 0.6) is 0 Å². The van der Waals surface area contributed by atoms with Crippen molar-refractivity contribution in [1.29, 1.82) is 0 Å². The quantitative estimate of drug-likeness (QED) is 0.697. The maximum absolute atomic E-state index is 12.6. The maximum atomic E-state index is 12.6. The number of hydrogen-bond donors (Lipinski definition) is 3. The van der Waals surface area contributed by atoms with Gasteiger partial charge in [0.1, 0.15) is 0 Å². The molecule has 20 heavy (non-hydrogen) atoms. The average Bonchev–Trinajstić information content (AvgIpc) is 2.40. The topological polar surface area (TPSA) is 92.4 Å². The minimum atomic E-state index is -3.72. The van der Waals surface area contributed by atoms with Crippen LogP contribution in [0.3, 0.4) is 0 Å². The normalized spacial score (nSPS) is 12.7. The SMILES string of the molecule is CCC(CC)(CO)NS(=O)(=O)c1cc(N)cc(C)c1C. The zero-order valence-corrected chi connectivity index (χ0v) is 13.3. The lowest BCUT2D eigenvalue weighted by Gasteiger charge is -2.30. The van der Waals surface area contributed by atoms with Crippen molar-refractivity contribution in [1.82, 2.24) is 4.72 Å². The third kappa shape index (κ3) is 3.31. The summed E-state index contributed by atoms with van der Waals surface area (Å²) in [7, 11) is -3.72. The maximum Gasteiger partial charge on any atom is 0.241 e. The van der Waals surface area contributed by atoms with Crippen LogP contribution < -0.4 is 10.5 Å². The lowest BCUT2D eigenvalue weighted by atomic mass is 9.96. The smallest absolute Gasteiger partial charge is 0.241 e. The van der Waals surface area contributed by atoms with Crippen LogP contribution in [0.25, 0.3) is 0 Å². The summed E-state index contributed by atoms with van der Waals surface area (Å²) >= 11 is 0. The molecule has 1 rings (SSSR count). The van der Waals surface area contributed by atoms with Crippen molar-refractivity contribution in [3.8, 4) is 0 Å². The van der Waals surface area contributed by atoms with Gasteiger partial charge < -0.3 is 10.8 Å². The van der Waals surface area contributed by atoms with E-state index in [1.807, 2.05) is 20.8 Å². The number of aliphatic hydroxyl groups excluding tert-OH is 1. The second kappa shape index (κ2) is 6.11. The number of rotatable bonds is 6. The Kier molecular flexibility index (Phi) is 5.18.